The fourth-order valence-corrected chi connectivity index (χ4v) is 3.59. The van der Waals surface area contributed by atoms with Crippen molar-refractivity contribution >= 4 is 22.5 Å². The smallest absolute Gasteiger partial charge is 0.255 e. The normalized spacial score (nSPS) is 14.4. The lowest BCUT2D eigenvalue weighted by molar-refractivity contribution is 0.0734. The number of carbonyl (C=O) groups excluding carboxylic acids is 1. The second-order valence-corrected chi connectivity index (χ2v) is 6.68. The molecule has 1 aliphatic heterocycles. The minimum Gasteiger partial charge on any atom is -0.394 e. The van der Waals surface area contributed by atoms with E-state index in [0.717, 1.165) is 35.1 Å². The first-order chi connectivity index (χ1) is 12.7. The minimum atomic E-state index is 0.0382. The molecule has 0 radical (unpaired) electrons. The van der Waals surface area contributed by atoms with Crippen molar-refractivity contribution in [1.82, 2.24) is 20.2 Å². The molecule has 3 aromatic rings. The van der Waals surface area contributed by atoms with Crippen LogP contribution in [0, 0.1) is 0 Å². The van der Waals surface area contributed by atoms with Gasteiger partial charge in [0.1, 0.15) is 5.65 Å². The molecule has 0 spiro atoms. The topological polar surface area (TPSA) is 61.0 Å². The van der Waals surface area contributed by atoms with Gasteiger partial charge in [-0.25, -0.2) is 4.98 Å². The molecule has 4 rings (SSSR count). The molecule has 2 aromatic heterocycles. The number of pyridine rings is 1. The van der Waals surface area contributed by atoms with E-state index in [-0.39, 0.29) is 5.91 Å². The molecule has 0 unspecified atom stereocenters. The average Bonchev–Trinajstić information content (AvgIpc) is 3.10. The van der Waals surface area contributed by atoms with Crippen molar-refractivity contribution in [3.63, 3.8) is 0 Å². The van der Waals surface area contributed by atoms with Crippen LogP contribution in [0.4, 0.5) is 0 Å². The summed E-state index contributed by atoms with van der Waals surface area (Å²) in [4.78, 5) is 22.6. The van der Waals surface area contributed by atoms with E-state index in [9.17, 15) is 4.79 Å². The molecule has 3 heterocycles. The maximum atomic E-state index is 13.0. The summed E-state index contributed by atoms with van der Waals surface area (Å²) in [6, 6.07) is 10.3. The monoisotopic (exact) mass is 346 g/mol. The van der Waals surface area contributed by atoms with Gasteiger partial charge in [-0.15, -0.1) is 0 Å². The number of benzene rings is 1. The van der Waals surface area contributed by atoms with Gasteiger partial charge in [-0.1, -0.05) is 24.3 Å². The molecule has 0 bridgehead atoms. The average molecular weight is 346 g/mol. The van der Waals surface area contributed by atoms with Crippen LogP contribution < -0.4 is 5.32 Å². The fourth-order valence-electron chi connectivity index (χ4n) is 3.59. The van der Waals surface area contributed by atoms with E-state index in [1.807, 2.05) is 43.4 Å². The van der Waals surface area contributed by atoms with Crippen molar-refractivity contribution in [2.45, 2.75) is 19.9 Å². The number of amides is 1. The number of nitrogens with one attached hydrogen (secondary N) is 2. The highest BCUT2D eigenvalue weighted by atomic mass is 16.2. The molecule has 2 N–H and O–H groups in total. The molecule has 0 aliphatic carbocycles. The van der Waals surface area contributed by atoms with Crippen molar-refractivity contribution < 1.29 is 4.79 Å². The Kier molecular flexibility index (Phi) is 4.21. The highest BCUT2D eigenvalue weighted by Crippen LogP contribution is 2.25. The van der Waals surface area contributed by atoms with Gasteiger partial charge < -0.3 is 15.2 Å². The molecule has 0 saturated heterocycles. The Morgan fingerprint density at radius 2 is 2.12 bits per heavy atom. The predicted molar refractivity (Wildman–Crippen MR) is 104 cm³/mol. The number of aromatic amines is 1. The van der Waals surface area contributed by atoms with Gasteiger partial charge in [0, 0.05) is 43.5 Å². The summed E-state index contributed by atoms with van der Waals surface area (Å²) < 4.78 is 0. The Morgan fingerprint density at radius 1 is 1.31 bits per heavy atom. The SMILES string of the molecule is CN/C=C(\C)c1c[nH]c2ncc(C(=O)N3CCc4ccccc4C3)cc12. The van der Waals surface area contributed by atoms with Gasteiger partial charge >= 0.3 is 0 Å². The number of rotatable bonds is 3. The summed E-state index contributed by atoms with van der Waals surface area (Å²) in [5.41, 5.74) is 6.15. The Hall–Kier alpha value is -3.08. The molecule has 26 heavy (non-hydrogen) atoms. The van der Waals surface area contributed by atoms with E-state index in [2.05, 4.69) is 33.5 Å². The van der Waals surface area contributed by atoms with E-state index >= 15 is 0 Å². The van der Waals surface area contributed by atoms with E-state index in [1.165, 1.54) is 11.1 Å². The molecule has 132 valence electrons. The summed E-state index contributed by atoms with van der Waals surface area (Å²) in [5, 5.41) is 4.02. The second-order valence-electron chi connectivity index (χ2n) is 6.68. The van der Waals surface area contributed by atoms with Crippen LogP contribution in [0.15, 0.2) is 48.9 Å². The van der Waals surface area contributed by atoms with Gasteiger partial charge in [-0.2, -0.15) is 0 Å². The number of nitrogens with zero attached hydrogens (tertiary/aromatic N) is 2. The van der Waals surface area contributed by atoms with E-state index < -0.39 is 0 Å². The zero-order chi connectivity index (χ0) is 18.1. The van der Waals surface area contributed by atoms with Crippen molar-refractivity contribution in [1.29, 1.82) is 0 Å². The number of hydrogen-bond donors (Lipinski definition) is 2. The standard InChI is InChI=1S/C21H22N4O/c1-14(10-22-2)19-12-24-20-18(19)9-17(11-23-20)21(26)25-8-7-15-5-3-4-6-16(15)13-25/h3-6,9-12,22H,7-8,13H2,1-2H3,(H,23,24)/b14-10+. The minimum absolute atomic E-state index is 0.0382. The van der Waals surface area contributed by atoms with Crippen molar-refractivity contribution in [2.75, 3.05) is 13.6 Å². The van der Waals surface area contributed by atoms with Gasteiger partial charge in [0.25, 0.3) is 5.91 Å². The Balaban J connectivity index is 1.65. The molecular weight excluding hydrogens is 324 g/mol. The first kappa shape index (κ1) is 16.4. The number of hydrogen-bond acceptors (Lipinski definition) is 3. The van der Waals surface area contributed by atoms with Crippen molar-refractivity contribution in [3.05, 3.63) is 71.2 Å². The van der Waals surface area contributed by atoms with Gasteiger partial charge in [-0.05, 0) is 42.3 Å². The van der Waals surface area contributed by atoms with E-state index in [0.29, 0.717) is 12.1 Å². The molecule has 0 fully saturated rings. The Morgan fingerprint density at radius 3 is 2.92 bits per heavy atom. The second kappa shape index (κ2) is 6.67. The van der Waals surface area contributed by atoms with Crippen LogP contribution in [0.1, 0.15) is 34.0 Å². The molecule has 1 amide bonds. The molecule has 1 aliphatic rings. The lowest BCUT2D eigenvalue weighted by atomic mass is 9.99. The Labute approximate surface area is 152 Å². The molecular formula is C21H22N4O. The third-order valence-electron chi connectivity index (χ3n) is 4.98. The van der Waals surface area contributed by atoms with Crippen LogP contribution in [0.3, 0.4) is 0 Å². The fraction of sp³-hybridized carbons (Fsp3) is 0.238. The van der Waals surface area contributed by atoms with Crippen LogP contribution in [-0.2, 0) is 13.0 Å². The van der Waals surface area contributed by atoms with Gasteiger partial charge in [0.05, 0.1) is 5.56 Å². The van der Waals surface area contributed by atoms with Crippen molar-refractivity contribution in [3.8, 4) is 0 Å². The quantitative estimate of drug-likeness (QED) is 0.765. The van der Waals surface area contributed by atoms with Gasteiger partial charge in [0.2, 0.25) is 0 Å². The largest absolute Gasteiger partial charge is 0.394 e. The summed E-state index contributed by atoms with van der Waals surface area (Å²) in [5.74, 6) is 0.0382. The van der Waals surface area contributed by atoms with E-state index in [4.69, 9.17) is 0 Å². The van der Waals surface area contributed by atoms with Crippen LogP contribution in [0.2, 0.25) is 0 Å². The number of H-pyrrole nitrogens is 1. The molecule has 0 saturated carbocycles. The lowest BCUT2D eigenvalue weighted by Gasteiger charge is -2.28. The highest BCUT2D eigenvalue weighted by Gasteiger charge is 2.22. The molecule has 1 aromatic carbocycles. The highest BCUT2D eigenvalue weighted by molar-refractivity contribution is 5.99. The molecule has 5 nitrogen and oxygen atoms in total. The molecule has 5 heteroatoms. The first-order valence-electron chi connectivity index (χ1n) is 8.85. The number of allylic oxidation sites excluding steroid dienone is 1. The Bertz CT molecular complexity index is 1000. The summed E-state index contributed by atoms with van der Waals surface area (Å²) >= 11 is 0. The van der Waals surface area contributed by atoms with Crippen LogP contribution in [-0.4, -0.2) is 34.4 Å². The van der Waals surface area contributed by atoms with Crippen molar-refractivity contribution in [2.24, 2.45) is 0 Å². The maximum Gasteiger partial charge on any atom is 0.255 e. The number of aromatic nitrogens is 2. The van der Waals surface area contributed by atoms with Gasteiger partial charge in [-0.3, -0.25) is 4.79 Å². The predicted octanol–water partition coefficient (Wildman–Crippen LogP) is 3.34. The zero-order valence-electron chi connectivity index (χ0n) is 15.0. The zero-order valence-corrected chi connectivity index (χ0v) is 15.0. The van der Waals surface area contributed by atoms with Crippen LogP contribution in [0.25, 0.3) is 16.6 Å². The van der Waals surface area contributed by atoms with Gasteiger partial charge in [0.15, 0.2) is 0 Å². The van der Waals surface area contributed by atoms with Crippen LogP contribution in [0.5, 0.6) is 0 Å². The molecule has 0 atom stereocenters. The first-order valence-corrected chi connectivity index (χ1v) is 8.85. The van der Waals surface area contributed by atoms with Crippen LogP contribution >= 0.6 is 0 Å². The third kappa shape index (κ3) is 2.86. The number of fused-ring (bicyclic) bond motifs is 2. The summed E-state index contributed by atoms with van der Waals surface area (Å²) in [6.45, 7) is 3.44. The van der Waals surface area contributed by atoms with E-state index in [1.54, 1.807) is 6.20 Å². The lowest BCUT2D eigenvalue weighted by Crippen LogP contribution is -2.35. The summed E-state index contributed by atoms with van der Waals surface area (Å²) in [6.07, 6.45) is 6.45. The maximum absolute atomic E-state index is 13.0. The summed E-state index contributed by atoms with van der Waals surface area (Å²) in [7, 11) is 1.87. The third-order valence-corrected chi connectivity index (χ3v) is 4.98. The number of carbonyl (C=O) groups is 1.